The van der Waals surface area contributed by atoms with Gasteiger partial charge in [0.2, 0.25) is 11.2 Å². The van der Waals surface area contributed by atoms with Gasteiger partial charge in [-0.2, -0.15) is 4.57 Å². The Kier molecular flexibility index (Phi) is 3.97. The number of pyridine rings is 1. The normalized spacial score (nSPS) is 11.8. The van der Waals surface area contributed by atoms with Crippen molar-refractivity contribution in [2.24, 2.45) is 0 Å². The number of fused-ring (bicyclic) bond motifs is 1. The Morgan fingerprint density at radius 2 is 1.09 bits per heavy atom. The highest BCUT2D eigenvalue weighted by atomic mass is 15.0. The summed E-state index contributed by atoms with van der Waals surface area (Å²) in [6, 6.07) is 44.2. The van der Waals surface area contributed by atoms with E-state index in [4.69, 9.17) is 0 Å². The molecule has 0 aliphatic heterocycles. The topological polar surface area (TPSA) is 3.88 Å². The monoisotopic (exact) mass is 420 g/mol. The van der Waals surface area contributed by atoms with E-state index < -0.39 is 0 Å². The highest BCUT2D eigenvalue weighted by molar-refractivity contribution is 6.25. The van der Waals surface area contributed by atoms with Gasteiger partial charge < -0.3 is 0 Å². The molecule has 1 heteroatoms. The van der Waals surface area contributed by atoms with Crippen LogP contribution in [0.2, 0.25) is 0 Å². The van der Waals surface area contributed by atoms with Crippen LogP contribution < -0.4 is 4.57 Å². The molecule has 0 saturated carbocycles. The number of para-hydroxylation sites is 1. The molecule has 33 heavy (non-hydrogen) atoms. The molecule has 1 nitrogen and oxygen atoms in total. The van der Waals surface area contributed by atoms with E-state index in [1.165, 1.54) is 60.0 Å². The second kappa shape index (κ2) is 7.15. The summed E-state index contributed by atoms with van der Waals surface area (Å²) in [6.45, 7) is 0.833. The van der Waals surface area contributed by atoms with Crippen LogP contribution in [0.1, 0.15) is 5.56 Å². The third-order valence-electron chi connectivity index (χ3n) is 6.93. The van der Waals surface area contributed by atoms with E-state index in [2.05, 4.69) is 126 Å². The van der Waals surface area contributed by atoms with Crippen LogP contribution >= 0.6 is 0 Å². The summed E-state index contributed by atoms with van der Waals surface area (Å²) in [4.78, 5) is 0. The van der Waals surface area contributed by atoms with Gasteiger partial charge in [0.05, 0.1) is 5.56 Å². The lowest BCUT2D eigenvalue weighted by Gasteiger charge is -2.14. The van der Waals surface area contributed by atoms with Crippen molar-refractivity contribution in [3.05, 3.63) is 127 Å². The minimum atomic E-state index is 0.833. The van der Waals surface area contributed by atoms with Gasteiger partial charge in [0.25, 0.3) is 0 Å². The molecule has 0 saturated heterocycles. The molecule has 0 atom stereocenters. The van der Waals surface area contributed by atoms with Crippen LogP contribution in [-0.4, -0.2) is 0 Å². The summed E-state index contributed by atoms with van der Waals surface area (Å²) >= 11 is 0. The summed E-state index contributed by atoms with van der Waals surface area (Å²) in [5, 5.41) is 9.21. The molecule has 0 fully saturated rings. The van der Waals surface area contributed by atoms with Crippen molar-refractivity contribution < 1.29 is 4.57 Å². The Morgan fingerprint density at radius 3 is 1.94 bits per heavy atom. The second-order valence-electron chi connectivity index (χ2n) is 8.82. The number of hydrogen-bond donors (Lipinski definition) is 0. The van der Waals surface area contributed by atoms with Crippen LogP contribution in [0.4, 0.5) is 0 Å². The zero-order valence-electron chi connectivity index (χ0n) is 18.2. The van der Waals surface area contributed by atoms with Crippen LogP contribution in [0, 0.1) is 0 Å². The Balaban J connectivity index is 1.57. The highest BCUT2D eigenvalue weighted by Gasteiger charge is 2.21. The average molecular weight is 421 g/mol. The van der Waals surface area contributed by atoms with Crippen molar-refractivity contribution in [2.75, 3.05) is 0 Å². The van der Waals surface area contributed by atoms with Crippen LogP contribution in [0.3, 0.4) is 0 Å². The second-order valence-corrected chi connectivity index (χ2v) is 8.82. The van der Waals surface area contributed by atoms with E-state index in [1.54, 1.807) is 0 Å². The van der Waals surface area contributed by atoms with Gasteiger partial charge in [-0.25, -0.2) is 0 Å². The standard InChI is InChI=1S/C32H22N/c1-2-7-22(8-3-1)21-33-29-12-5-4-9-23(29)17-20-30(33)27-18-15-26-14-13-24-10-6-11-25-16-19-28(27)32(26)31(24)25/h1-20H,21H2/q+1. The quantitative estimate of drug-likeness (QED) is 0.203. The minimum Gasteiger partial charge on any atom is -0.187 e. The SMILES string of the molecule is c1ccc(C[n+]2c(-c3ccc4ccc5cccc6ccc3c4c56)ccc3ccccc32)cc1. The first-order valence-corrected chi connectivity index (χ1v) is 11.5. The molecule has 0 spiro atoms. The number of rotatable bonds is 3. The van der Waals surface area contributed by atoms with E-state index in [-0.39, 0.29) is 0 Å². The fourth-order valence-electron chi connectivity index (χ4n) is 5.39. The van der Waals surface area contributed by atoms with Crippen molar-refractivity contribution in [3.8, 4) is 11.3 Å². The molecule has 1 heterocycles. The molecule has 0 N–H and O–H groups in total. The molecule has 0 radical (unpaired) electrons. The van der Waals surface area contributed by atoms with E-state index in [1.807, 2.05) is 0 Å². The molecule has 0 aliphatic rings. The third-order valence-corrected chi connectivity index (χ3v) is 6.93. The van der Waals surface area contributed by atoms with Gasteiger partial charge in [0, 0.05) is 23.1 Å². The number of nitrogens with zero attached hydrogens (tertiary/aromatic N) is 1. The van der Waals surface area contributed by atoms with Crippen LogP contribution in [-0.2, 0) is 6.54 Å². The van der Waals surface area contributed by atoms with E-state index in [9.17, 15) is 0 Å². The van der Waals surface area contributed by atoms with Gasteiger partial charge >= 0.3 is 0 Å². The molecule has 0 unspecified atom stereocenters. The lowest BCUT2D eigenvalue weighted by Crippen LogP contribution is -2.37. The maximum absolute atomic E-state index is 2.47. The lowest BCUT2D eigenvalue weighted by atomic mass is 9.91. The zero-order valence-corrected chi connectivity index (χ0v) is 18.2. The summed E-state index contributed by atoms with van der Waals surface area (Å²) in [7, 11) is 0. The van der Waals surface area contributed by atoms with E-state index in [0.29, 0.717) is 0 Å². The molecule has 7 aromatic rings. The molecule has 6 aromatic carbocycles. The first-order valence-electron chi connectivity index (χ1n) is 11.5. The van der Waals surface area contributed by atoms with Gasteiger partial charge in [-0.1, -0.05) is 91.0 Å². The molecule has 154 valence electrons. The molecule has 7 rings (SSSR count). The molecular weight excluding hydrogens is 398 g/mol. The highest BCUT2D eigenvalue weighted by Crippen LogP contribution is 2.38. The van der Waals surface area contributed by atoms with Crippen molar-refractivity contribution in [1.29, 1.82) is 0 Å². The van der Waals surface area contributed by atoms with Crippen molar-refractivity contribution >= 4 is 43.2 Å². The number of benzene rings is 6. The summed E-state index contributed by atoms with van der Waals surface area (Å²) in [5.41, 5.74) is 5.08. The fourth-order valence-corrected chi connectivity index (χ4v) is 5.39. The molecule has 0 amide bonds. The fraction of sp³-hybridized carbons (Fsp3) is 0.0312. The van der Waals surface area contributed by atoms with Gasteiger partial charge in [-0.15, -0.1) is 0 Å². The zero-order chi connectivity index (χ0) is 21.8. The molecule has 1 aromatic heterocycles. The first-order chi connectivity index (χ1) is 16.4. The van der Waals surface area contributed by atoms with Crippen molar-refractivity contribution in [2.45, 2.75) is 6.54 Å². The van der Waals surface area contributed by atoms with Crippen molar-refractivity contribution in [3.63, 3.8) is 0 Å². The Hall–Kier alpha value is -4.23. The van der Waals surface area contributed by atoms with Crippen LogP contribution in [0.25, 0.3) is 54.5 Å². The number of aromatic nitrogens is 1. The maximum Gasteiger partial charge on any atom is 0.213 e. The maximum atomic E-state index is 2.47. The molecule has 0 aliphatic carbocycles. The third kappa shape index (κ3) is 2.83. The first kappa shape index (κ1) is 18.4. The van der Waals surface area contributed by atoms with Gasteiger partial charge in [0.15, 0.2) is 6.54 Å². The van der Waals surface area contributed by atoms with E-state index >= 15 is 0 Å². The Morgan fingerprint density at radius 1 is 0.455 bits per heavy atom. The van der Waals surface area contributed by atoms with Crippen molar-refractivity contribution in [1.82, 2.24) is 0 Å². The Bertz CT molecular complexity index is 1760. The van der Waals surface area contributed by atoms with Crippen LogP contribution in [0.5, 0.6) is 0 Å². The smallest absolute Gasteiger partial charge is 0.187 e. The minimum absolute atomic E-state index is 0.833. The lowest BCUT2D eigenvalue weighted by molar-refractivity contribution is -0.651. The summed E-state index contributed by atoms with van der Waals surface area (Å²) < 4.78 is 2.47. The Labute approximate surface area is 192 Å². The molecule has 0 bridgehead atoms. The van der Waals surface area contributed by atoms with Gasteiger partial charge in [0.1, 0.15) is 0 Å². The predicted octanol–water partition coefficient (Wildman–Crippen LogP) is 7.74. The van der Waals surface area contributed by atoms with E-state index in [0.717, 1.165) is 6.54 Å². The largest absolute Gasteiger partial charge is 0.213 e. The van der Waals surface area contributed by atoms with Crippen LogP contribution in [0.15, 0.2) is 121 Å². The summed E-state index contributed by atoms with van der Waals surface area (Å²) in [6.07, 6.45) is 0. The van der Waals surface area contributed by atoms with Gasteiger partial charge in [-0.05, 0) is 50.5 Å². The van der Waals surface area contributed by atoms with Gasteiger partial charge in [-0.3, -0.25) is 0 Å². The predicted molar refractivity (Wildman–Crippen MR) is 139 cm³/mol. The average Bonchev–Trinajstić information content (AvgIpc) is 2.88. The summed E-state index contributed by atoms with van der Waals surface area (Å²) in [5.74, 6) is 0. The number of hydrogen-bond acceptors (Lipinski definition) is 0. The molecular formula is C32H22N+.